The van der Waals surface area contributed by atoms with E-state index >= 15 is 0 Å². The van der Waals surface area contributed by atoms with Crippen LogP contribution in [0.1, 0.15) is 68.2 Å². The van der Waals surface area contributed by atoms with Crippen LogP contribution in [0.3, 0.4) is 0 Å². The molecule has 0 aliphatic carbocycles. The molecule has 1 atom stereocenters. The molecule has 0 amide bonds. The van der Waals surface area contributed by atoms with Gasteiger partial charge in [0.2, 0.25) is 0 Å². The van der Waals surface area contributed by atoms with Gasteiger partial charge in [0.05, 0.1) is 0 Å². The molecule has 0 heterocycles. The molecule has 1 aromatic rings. The van der Waals surface area contributed by atoms with Gasteiger partial charge in [0.25, 0.3) is 0 Å². The van der Waals surface area contributed by atoms with Crippen LogP contribution in [0.5, 0.6) is 0 Å². The van der Waals surface area contributed by atoms with Crippen molar-refractivity contribution in [2.75, 3.05) is 0 Å². The first kappa shape index (κ1) is 14.2. The largest absolute Gasteiger partial charge is 0.324 e. The van der Waals surface area contributed by atoms with Crippen molar-refractivity contribution in [3.63, 3.8) is 0 Å². The molecule has 1 nitrogen and oxygen atoms in total. The van der Waals surface area contributed by atoms with E-state index in [-0.39, 0.29) is 6.04 Å². The molecule has 0 radical (unpaired) electrons. The lowest BCUT2D eigenvalue weighted by atomic mass is 9.94. The van der Waals surface area contributed by atoms with Gasteiger partial charge in [-0.3, -0.25) is 0 Å². The minimum atomic E-state index is 0.219. The third-order valence-electron chi connectivity index (χ3n) is 3.66. The van der Waals surface area contributed by atoms with Crippen molar-refractivity contribution < 1.29 is 0 Å². The Morgan fingerprint density at radius 3 is 2.47 bits per heavy atom. The molecule has 1 rings (SSSR count). The monoisotopic (exact) mass is 233 g/mol. The van der Waals surface area contributed by atoms with Crippen LogP contribution >= 0.6 is 0 Å². The molecule has 0 bridgehead atoms. The Hall–Kier alpha value is -0.820. The number of rotatable bonds is 7. The summed E-state index contributed by atoms with van der Waals surface area (Å²) in [7, 11) is 0. The van der Waals surface area contributed by atoms with Gasteiger partial charge in [0, 0.05) is 6.04 Å². The Kier molecular flexibility index (Phi) is 6.28. The van der Waals surface area contributed by atoms with Crippen molar-refractivity contribution >= 4 is 0 Å². The van der Waals surface area contributed by atoms with Crippen LogP contribution in [-0.2, 0) is 0 Å². The Balaban J connectivity index is 2.41. The number of nitrogens with two attached hydrogens (primary N) is 1. The maximum absolute atomic E-state index is 6.28. The molecule has 17 heavy (non-hydrogen) atoms. The van der Waals surface area contributed by atoms with E-state index in [1.54, 1.807) is 0 Å². The maximum atomic E-state index is 6.28. The third-order valence-corrected chi connectivity index (χ3v) is 3.66. The van der Waals surface area contributed by atoms with Crippen LogP contribution in [0.2, 0.25) is 0 Å². The lowest BCUT2D eigenvalue weighted by Gasteiger charge is -2.16. The number of hydrogen-bond acceptors (Lipinski definition) is 1. The Morgan fingerprint density at radius 2 is 1.76 bits per heavy atom. The normalized spacial score (nSPS) is 12.7. The van der Waals surface area contributed by atoms with E-state index in [4.69, 9.17) is 5.73 Å². The Morgan fingerprint density at radius 1 is 1.06 bits per heavy atom. The predicted octanol–water partition coefficient (Wildman–Crippen LogP) is 4.66. The zero-order valence-electron chi connectivity index (χ0n) is 11.6. The summed E-state index contributed by atoms with van der Waals surface area (Å²) in [6.07, 6.45) is 7.73. The molecule has 96 valence electrons. The van der Waals surface area contributed by atoms with Crippen LogP contribution in [0, 0.1) is 13.8 Å². The number of benzene rings is 1. The fraction of sp³-hybridized carbons (Fsp3) is 0.625. The maximum Gasteiger partial charge on any atom is 0.0297 e. The van der Waals surface area contributed by atoms with Gasteiger partial charge in [0.1, 0.15) is 0 Å². The van der Waals surface area contributed by atoms with E-state index in [0.717, 1.165) is 6.42 Å². The third kappa shape index (κ3) is 4.51. The summed E-state index contributed by atoms with van der Waals surface area (Å²) in [6.45, 7) is 6.59. The summed E-state index contributed by atoms with van der Waals surface area (Å²) in [5, 5.41) is 0. The number of aryl methyl sites for hydroxylation is 1. The summed E-state index contributed by atoms with van der Waals surface area (Å²) >= 11 is 0. The fourth-order valence-electron chi connectivity index (χ4n) is 2.30. The average Bonchev–Trinajstić information content (AvgIpc) is 2.32. The van der Waals surface area contributed by atoms with E-state index in [2.05, 4.69) is 39.0 Å². The van der Waals surface area contributed by atoms with Gasteiger partial charge < -0.3 is 5.73 Å². The number of unbranched alkanes of at least 4 members (excludes halogenated alkanes) is 4. The van der Waals surface area contributed by atoms with E-state index < -0.39 is 0 Å². The molecule has 1 heteroatoms. The van der Waals surface area contributed by atoms with Gasteiger partial charge in [-0.2, -0.15) is 0 Å². The number of hydrogen-bond donors (Lipinski definition) is 1. The molecule has 0 aliphatic rings. The van der Waals surface area contributed by atoms with Gasteiger partial charge in [-0.05, 0) is 37.0 Å². The first-order valence-electron chi connectivity index (χ1n) is 6.98. The van der Waals surface area contributed by atoms with E-state index in [0.29, 0.717) is 0 Å². The molecule has 0 saturated carbocycles. The topological polar surface area (TPSA) is 26.0 Å². The molecular weight excluding hydrogens is 206 g/mol. The summed E-state index contributed by atoms with van der Waals surface area (Å²) in [5.41, 5.74) is 10.3. The molecule has 0 spiro atoms. The van der Waals surface area contributed by atoms with E-state index in [9.17, 15) is 0 Å². The minimum Gasteiger partial charge on any atom is -0.324 e. The Bertz CT molecular complexity index is 330. The van der Waals surface area contributed by atoms with Crippen LogP contribution in [0.15, 0.2) is 18.2 Å². The van der Waals surface area contributed by atoms with Crippen molar-refractivity contribution in [3.05, 3.63) is 34.9 Å². The summed E-state index contributed by atoms with van der Waals surface area (Å²) in [5.74, 6) is 0. The summed E-state index contributed by atoms with van der Waals surface area (Å²) < 4.78 is 0. The smallest absolute Gasteiger partial charge is 0.0297 e. The molecule has 0 fully saturated rings. The molecule has 0 aliphatic heterocycles. The molecule has 1 aromatic carbocycles. The minimum absolute atomic E-state index is 0.219. The van der Waals surface area contributed by atoms with Crippen molar-refractivity contribution in [1.82, 2.24) is 0 Å². The zero-order chi connectivity index (χ0) is 12.7. The van der Waals surface area contributed by atoms with Crippen molar-refractivity contribution in [2.45, 2.75) is 65.3 Å². The highest BCUT2D eigenvalue weighted by molar-refractivity contribution is 5.35. The lowest BCUT2D eigenvalue weighted by Crippen LogP contribution is -2.12. The highest BCUT2D eigenvalue weighted by Crippen LogP contribution is 2.23. The molecule has 1 unspecified atom stereocenters. The zero-order valence-corrected chi connectivity index (χ0v) is 11.6. The fourth-order valence-corrected chi connectivity index (χ4v) is 2.30. The first-order valence-corrected chi connectivity index (χ1v) is 6.98. The summed E-state index contributed by atoms with van der Waals surface area (Å²) in [4.78, 5) is 0. The SMILES string of the molecule is CCCCCCCC(N)c1cccc(C)c1C. The average molecular weight is 233 g/mol. The quantitative estimate of drug-likeness (QED) is 0.681. The second kappa shape index (κ2) is 7.50. The van der Waals surface area contributed by atoms with Gasteiger partial charge in [0.15, 0.2) is 0 Å². The molecule has 0 aromatic heterocycles. The molecular formula is C16H27N. The highest BCUT2D eigenvalue weighted by atomic mass is 14.6. The van der Waals surface area contributed by atoms with Crippen molar-refractivity contribution in [2.24, 2.45) is 5.73 Å². The second-order valence-electron chi connectivity index (χ2n) is 5.10. The molecule has 2 N–H and O–H groups in total. The predicted molar refractivity (Wildman–Crippen MR) is 76.2 cm³/mol. The van der Waals surface area contributed by atoms with Crippen LogP contribution < -0.4 is 5.73 Å². The standard InChI is InChI=1S/C16H27N/c1-4-5-6-7-8-12-16(17)15-11-9-10-13(2)14(15)3/h9-11,16H,4-8,12,17H2,1-3H3. The van der Waals surface area contributed by atoms with Crippen molar-refractivity contribution in [1.29, 1.82) is 0 Å². The summed E-state index contributed by atoms with van der Waals surface area (Å²) in [6, 6.07) is 6.68. The Labute approximate surface area is 106 Å². The van der Waals surface area contributed by atoms with E-state index in [1.165, 1.54) is 48.8 Å². The lowest BCUT2D eigenvalue weighted by molar-refractivity contribution is 0.554. The van der Waals surface area contributed by atoms with E-state index in [1.807, 2.05) is 0 Å². The second-order valence-corrected chi connectivity index (χ2v) is 5.10. The van der Waals surface area contributed by atoms with Crippen LogP contribution in [-0.4, -0.2) is 0 Å². The first-order chi connectivity index (χ1) is 8.16. The van der Waals surface area contributed by atoms with Gasteiger partial charge >= 0.3 is 0 Å². The molecule has 0 saturated heterocycles. The van der Waals surface area contributed by atoms with Gasteiger partial charge in [-0.25, -0.2) is 0 Å². The van der Waals surface area contributed by atoms with Gasteiger partial charge in [-0.1, -0.05) is 57.2 Å². The van der Waals surface area contributed by atoms with Crippen LogP contribution in [0.25, 0.3) is 0 Å². The van der Waals surface area contributed by atoms with Crippen LogP contribution in [0.4, 0.5) is 0 Å². The van der Waals surface area contributed by atoms with Gasteiger partial charge in [-0.15, -0.1) is 0 Å². The van der Waals surface area contributed by atoms with Crippen molar-refractivity contribution in [3.8, 4) is 0 Å². The highest BCUT2D eigenvalue weighted by Gasteiger charge is 2.09.